The van der Waals surface area contributed by atoms with E-state index in [0.29, 0.717) is 17.6 Å². The van der Waals surface area contributed by atoms with Crippen LogP contribution in [0.5, 0.6) is 0 Å². The van der Waals surface area contributed by atoms with E-state index >= 15 is 0 Å². The summed E-state index contributed by atoms with van der Waals surface area (Å²) < 4.78 is 4.62. The van der Waals surface area contributed by atoms with Crippen molar-refractivity contribution < 1.29 is 0 Å². The van der Waals surface area contributed by atoms with Gasteiger partial charge in [-0.15, -0.1) is 11.3 Å². The quantitative estimate of drug-likeness (QED) is 0.208. The minimum absolute atomic E-state index is 0.562. The molecule has 206 valence electrons. The van der Waals surface area contributed by atoms with Crippen LogP contribution < -0.4 is 0 Å². The first-order chi connectivity index (χ1) is 21.8. The second kappa shape index (κ2) is 9.93. The van der Waals surface area contributed by atoms with Gasteiger partial charge in [0, 0.05) is 42.2 Å². The lowest BCUT2D eigenvalue weighted by Gasteiger charge is -2.11. The molecule has 0 saturated carbocycles. The Hall–Kier alpha value is -5.72. The molecule has 0 radical (unpaired) electrons. The monoisotopic (exact) mass is 581 g/mol. The van der Waals surface area contributed by atoms with Gasteiger partial charge in [0.25, 0.3) is 0 Å². The molecule has 5 nitrogen and oxygen atoms in total. The highest BCUT2D eigenvalue weighted by atomic mass is 32.1. The number of fused-ring (bicyclic) bond motifs is 7. The summed E-state index contributed by atoms with van der Waals surface area (Å²) in [7, 11) is 0. The Morgan fingerprint density at radius 2 is 1.05 bits per heavy atom. The summed E-state index contributed by atoms with van der Waals surface area (Å²) >= 11 is 1.81. The van der Waals surface area contributed by atoms with Gasteiger partial charge in [0.05, 0.1) is 22.2 Å². The first-order valence-corrected chi connectivity index (χ1v) is 15.3. The Bertz CT molecular complexity index is 2430. The van der Waals surface area contributed by atoms with Gasteiger partial charge in [-0.25, -0.2) is 9.97 Å². The van der Waals surface area contributed by atoms with Gasteiger partial charge in [-0.3, -0.25) is 4.57 Å². The predicted octanol–water partition coefficient (Wildman–Crippen LogP) is 9.73. The van der Waals surface area contributed by atoms with Crippen LogP contribution in [0.25, 0.3) is 82.1 Å². The minimum Gasteiger partial charge on any atom is -0.276 e. The minimum atomic E-state index is 0.562. The predicted molar refractivity (Wildman–Crippen MR) is 181 cm³/mol. The maximum atomic E-state index is 5.32. The summed E-state index contributed by atoms with van der Waals surface area (Å²) in [6, 6.07) is 47.8. The van der Waals surface area contributed by atoms with E-state index in [-0.39, 0.29) is 0 Å². The van der Waals surface area contributed by atoms with Crippen molar-refractivity contribution in [2.75, 3.05) is 0 Å². The SMILES string of the molecule is c1ccc(-c2ccc3c(n2)c2c4sc5ccccc5c4ccc2n3-c2nc(-c3ccccc3)nc(-c3ccccc3)n2)cc1. The van der Waals surface area contributed by atoms with Crippen molar-refractivity contribution in [2.24, 2.45) is 0 Å². The van der Waals surface area contributed by atoms with Gasteiger partial charge < -0.3 is 0 Å². The highest BCUT2D eigenvalue weighted by molar-refractivity contribution is 7.26. The Labute approximate surface area is 256 Å². The molecule has 4 heterocycles. The Kier molecular flexibility index (Phi) is 5.61. The van der Waals surface area contributed by atoms with E-state index in [4.69, 9.17) is 19.9 Å². The highest BCUT2D eigenvalue weighted by Crippen LogP contribution is 2.43. The number of hydrogen-bond donors (Lipinski definition) is 0. The van der Waals surface area contributed by atoms with Crippen molar-refractivity contribution in [3.63, 3.8) is 0 Å². The molecule has 44 heavy (non-hydrogen) atoms. The Morgan fingerprint density at radius 3 is 1.73 bits per heavy atom. The van der Waals surface area contributed by atoms with Crippen molar-refractivity contribution in [1.29, 1.82) is 0 Å². The van der Waals surface area contributed by atoms with Crippen molar-refractivity contribution in [1.82, 2.24) is 24.5 Å². The largest absolute Gasteiger partial charge is 0.276 e. The van der Waals surface area contributed by atoms with Gasteiger partial charge in [0.2, 0.25) is 5.95 Å². The third-order valence-corrected chi connectivity index (χ3v) is 9.28. The van der Waals surface area contributed by atoms with Crippen LogP contribution in [0.3, 0.4) is 0 Å². The first-order valence-electron chi connectivity index (χ1n) is 14.5. The lowest BCUT2D eigenvalue weighted by molar-refractivity contribution is 0.953. The molecule has 5 aromatic carbocycles. The van der Waals surface area contributed by atoms with Crippen LogP contribution in [0.15, 0.2) is 140 Å². The summed E-state index contributed by atoms with van der Waals surface area (Å²) in [4.78, 5) is 20.4. The second-order valence-electron chi connectivity index (χ2n) is 10.7. The lowest BCUT2D eigenvalue weighted by Crippen LogP contribution is -2.06. The first kappa shape index (κ1) is 24.8. The third kappa shape index (κ3) is 3.92. The zero-order valence-corrected chi connectivity index (χ0v) is 24.2. The normalized spacial score (nSPS) is 11.6. The number of nitrogens with zero attached hydrogens (tertiary/aromatic N) is 5. The number of thiophene rings is 1. The molecular formula is C38H23N5S. The molecule has 0 aliphatic carbocycles. The fraction of sp³-hybridized carbons (Fsp3) is 0. The molecule has 0 bridgehead atoms. The van der Waals surface area contributed by atoms with Crippen molar-refractivity contribution in [3.8, 4) is 40.0 Å². The van der Waals surface area contributed by atoms with Gasteiger partial charge >= 0.3 is 0 Å². The smallest absolute Gasteiger partial charge is 0.238 e. The molecule has 0 N–H and O–H groups in total. The van der Waals surface area contributed by atoms with Crippen LogP contribution in [0.1, 0.15) is 0 Å². The van der Waals surface area contributed by atoms with Crippen LogP contribution in [-0.4, -0.2) is 24.5 Å². The van der Waals surface area contributed by atoms with E-state index in [1.54, 1.807) is 0 Å². The zero-order chi connectivity index (χ0) is 29.0. The van der Waals surface area contributed by atoms with Crippen LogP contribution in [-0.2, 0) is 0 Å². The van der Waals surface area contributed by atoms with Crippen LogP contribution in [0.4, 0.5) is 0 Å². The summed E-state index contributed by atoms with van der Waals surface area (Å²) in [6.07, 6.45) is 0. The second-order valence-corrected chi connectivity index (χ2v) is 11.8. The maximum Gasteiger partial charge on any atom is 0.238 e. The molecule has 0 saturated heterocycles. The molecule has 9 aromatic rings. The average molecular weight is 582 g/mol. The van der Waals surface area contributed by atoms with E-state index in [1.165, 1.54) is 20.2 Å². The van der Waals surface area contributed by atoms with Crippen molar-refractivity contribution >= 4 is 53.4 Å². The number of pyridine rings is 1. The van der Waals surface area contributed by atoms with E-state index in [2.05, 4.69) is 77.4 Å². The molecule has 9 rings (SSSR count). The molecule has 0 aliphatic heterocycles. The Morgan fingerprint density at radius 1 is 0.455 bits per heavy atom. The van der Waals surface area contributed by atoms with Gasteiger partial charge in [-0.05, 0) is 24.3 Å². The fourth-order valence-corrected chi connectivity index (χ4v) is 7.27. The van der Waals surface area contributed by atoms with Gasteiger partial charge in [-0.2, -0.15) is 9.97 Å². The molecule has 6 heteroatoms. The van der Waals surface area contributed by atoms with Gasteiger partial charge in [-0.1, -0.05) is 115 Å². The topological polar surface area (TPSA) is 56.5 Å². The molecule has 0 atom stereocenters. The number of aromatic nitrogens is 5. The highest BCUT2D eigenvalue weighted by Gasteiger charge is 2.22. The summed E-state index contributed by atoms with van der Waals surface area (Å²) in [5, 5.41) is 3.60. The van der Waals surface area contributed by atoms with Gasteiger partial charge in [0.15, 0.2) is 11.6 Å². The molecule has 0 spiro atoms. The zero-order valence-electron chi connectivity index (χ0n) is 23.4. The van der Waals surface area contributed by atoms with E-state index in [1.807, 2.05) is 78.1 Å². The summed E-state index contributed by atoms with van der Waals surface area (Å²) in [6.45, 7) is 0. The van der Waals surface area contributed by atoms with E-state index in [0.717, 1.165) is 44.3 Å². The number of benzene rings is 5. The van der Waals surface area contributed by atoms with Crippen LogP contribution in [0.2, 0.25) is 0 Å². The van der Waals surface area contributed by atoms with E-state index < -0.39 is 0 Å². The Balaban J connectivity index is 1.40. The number of rotatable bonds is 4. The van der Waals surface area contributed by atoms with Crippen LogP contribution >= 0.6 is 11.3 Å². The fourth-order valence-electron chi connectivity index (χ4n) is 6.02. The molecular weight excluding hydrogens is 559 g/mol. The lowest BCUT2D eigenvalue weighted by atomic mass is 10.1. The number of hydrogen-bond acceptors (Lipinski definition) is 5. The molecule has 0 amide bonds. The summed E-state index contributed by atoms with van der Waals surface area (Å²) in [5.41, 5.74) is 6.78. The molecule has 0 aliphatic rings. The van der Waals surface area contributed by atoms with Gasteiger partial charge in [0.1, 0.15) is 0 Å². The van der Waals surface area contributed by atoms with E-state index in [9.17, 15) is 0 Å². The standard InChI is InChI=1S/C38H23N5S/c1-4-12-24(13-5-1)29-21-23-31-34(39-29)33-30(22-20-28-27-18-10-11-19-32(27)44-35(28)33)43(31)38-41-36(25-14-6-2-7-15-25)40-37(42-38)26-16-8-3-9-17-26/h1-23H. The molecule has 4 aromatic heterocycles. The van der Waals surface area contributed by atoms with Crippen molar-refractivity contribution in [2.45, 2.75) is 0 Å². The maximum absolute atomic E-state index is 5.32. The van der Waals surface area contributed by atoms with Crippen molar-refractivity contribution in [3.05, 3.63) is 140 Å². The third-order valence-electron chi connectivity index (χ3n) is 8.07. The summed E-state index contributed by atoms with van der Waals surface area (Å²) in [5.74, 6) is 1.81. The van der Waals surface area contributed by atoms with Crippen LogP contribution in [0, 0.1) is 0 Å². The average Bonchev–Trinajstić information content (AvgIpc) is 3.64. The molecule has 0 unspecified atom stereocenters. The molecule has 0 fully saturated rings.